The molecule has 7 heteroatoms. The van der Waals surface area contributed by atoms with Gasteiger partial charge in [-0.15, -0.1) is 0 Å². The molecular formula is C13H6Cl4N2O. The number of nitrogens with zero attached hydrogens (tertiary/aromatic N) is 1. The van der Waals surface area contributed by atoms with Crippen molar-refractivity contribution in [2.45, 2.75) is 0 Å². The molecule has 2 aromatic carbocycles. The first-order valence-corrected chi connectivity index (χ1v) is 6.97. The fourth-order valence-corrected chi connectivity index (χ4v) is 2.80. The highest BCUT2D eigenvalue weighted by Gasteiger charge is 2.14. The van der Waals surface area contributed by atoms with Crippen LogP contribution < -0.4 is 5.73 Å². The highest BCUT2D eigenvalue weighted by Crippen LogP contribution is 2.36. The second-order valence-corrected chi connectivity index (χ2v) is 5.77. The van der Waals surface area contributed by atoms with Crippen molar-refractivity contribution in [3.8, 4) is 11.5 Å². The Morgan fingerprint density at radius 1 is 0.900 bits per heavy atom. The zero-order valence-electron chi connectivity index (χ0n) is 9.75. The number of hydrogen-bond donors (Lipinski definition) is 1. The van der Waals surface area contributed by atoms with Crippen LogP contribution in [0, 0.1) is 0 Å². The molecule has 0 saturated heterocycles. The lowest BCUT2D eigenvalue weighted by atomic mass is 10.2. The molecule has 0 aliphatic rings. The largest absolute Gasteiger partial charge is 0.435 e. The van der Waals surface area contributed by atoms with E-state index in [4.69, 9.17) is 56.6 Å². The number of nitrogen functional groups attached to an aromatic ring is 1. The minimum Gasteiger partial charge on any atom is -0.435 e. The summed E-state index contributed by atoms with van der Waals surface area (Å²) in [6.45, 7) is 0. The minimum absolute atomic E-state index is 0.314. The first-order chi connectivity index (χ1) is 9.45. The molecule has 0 fully saturated rings. The minimum atomic E-state index is 0.314. The van der Waals surface area contributed by atoms with Crippen molar-refractivity contribution >= 4 is 63.2 Å². The monoisotopic (exact) mass is 346 g/mol. The Labute approximate surface area is 134 Å². The van der Waals surface area contributed by atoms with Crippen molar-refractivity contribution in [3.05, 3.63) is 44.4 Å². The number of anilines is 1. The van der Waals surface area contributed by atoms with E-state index in [1.807, 2.05) is 0 Å². The number of rotatable bonds is 1. The molecule has 1 heterocycles. The summed E-state index contributed by atoms with van der Waals surface area (Å²) in [5.41, 5.74) is 7.63. The number of hydrogen-bond acceptors (Lipinski definition) is 3. The van der Waals surface area contributed by atoms with Crippen molar-refractivity contribution in [3.63, 3.8) is 0 Å². The molecule has 0 spiro atoms. The summed E-state index contributed by atoms with van der Waals surface area (Å²) >= 11 is 24.0. The molecule has 0 saturated carbocycles. The van der Waals surface area contributed by atoms with Gasteiger partial charge in [0.15, 0.2) is 5.58 Å². The van der Waals surface area contributed by atoms with Gasteiger partial charge in [0, 0.05) is 10.6 Å². The Bertz CT molecular complexity index is 806. The fourth-order valence-electron chi connectivity index (χ4n) is 1.79. The van der Waals surface area contributed by atoms with Gasteiger partial charge in [-0.05, 0) is 24.3 Å². The lowest BCUT2D eigenvalue weighted by Crippen LogP contribution is -1.89. The van der Waals surface area contributed by atoms with Gasteiger partial charge in [0.2, 0.25) is 5.89 Å². The molecule has 3 aromatic rings. The van der Waals surface area contributed by atoms with Crippen LogP contribution in [0.2, 0.25) is 20.1 Å². The van der Waals surface area contributed by atoms with Gasteiger partial charge < -0.3 is 10.2 Å². The summed E-state index contributed by atoms with van der Waals surface area (Å²) in [6.07, 6.45) is 0. The molecule has 0 bridgehead atoms. The van der Waals surface area contributed by atoms with E-state index >= 15 is 0 Å². The lowest BCUT2D eigenvalue weighted by molar-refractivity contribution is 0.620. The molecule has 3 nitrogen and oxygen atoms in total. The van der Waals surface area contributed by atoms with Gasteiger partial charge in [-0.3, -0.25) is 0 Å². The predicted octanol–water partition coefficient (Wildman–Crippen LogP) is 5.69. The van der Waals surface area contributed by atoms with Crippen molar-refractivity contribution in [1.29, 1.82) is 0 Å². The zero-order chi connectivity index (χ0) is 14.4. The topological polar surface area (TPSA) is 52.0 Å². The molecule has 0 unspecified atom stereocenters. The van der Waals surface area contributed by atoms with Crippen molar-refractivity contribution in [2.24, 2.45) is 0 Å². The van der Waals surface area contributed by atoms with Gasteiger partial charge in [0.05, 0.1) is 20.8 Å². The van der Waals surface area contributed by atoms with E-state index in [9.17, 15) is 0 Å². The summed E-state index contributed by atoms with van der Waals surface area (Å²) in [7, 11) is 0. The van der Waals surface area contributed by atoms with E-state index in [1.54, 1.807) is 24.3 Å². The Hall–Kier alpha value is -1.13. The van der Waals surface area contributed by atoms with Crippen molar-refractivity contribution in [1.82, 2.24) is 4.98 Å². The molecule has 0 aliphatic heterocycles. The van der Waals surface area contributed by atoms with Gasteiger partial charge >= 0.3 is 0 Å². The van der Waals surface area contributed by atoms with Crippen LogP contribution in [0.1, 0.15) is 0 Å². The molecular weight excluding hydrogens is 342 g/mol. The van der Waals surface area contributed by atoms with Gasteiger partial charge in [-0.25, -0.2) is 4.98 Å². The van der Waals surface area contributed by atoms with Crippen LogP contribution in [0.5, 0.6) is 0 Å². The van der Waals surface area contributed by atoms with Crippen molar-refractivity contribution in [2.75, 3.05) is 5.73 Å². The van der Waals surface area contributed by atoms with Gasteiger partial charge in [0.1, 0.15) is 5.52 Å². The van der Waals surface area contributed by atoms with Crippen LogP contribution in [0.25, 0.3) is 22.6 Å². The third-order valence-electron chi connectivity index (χ3n) is 2.74. The van der Waals surface area contributed by atoms with E-state index in [2.05, 4.69) is 4.98 Å². The summed E-state index contributed by atoms with van der Waals surface area (Å²) < 4.78 is 5.63. The van der Waals surface area contributed by atoms with Crippen LogP contribution in [-0.2, 0) is 0 Å². The molecule has 2 N–H and O–H groups in total. The van der Waals surface area contributed by atoms with E-state index in [-0.39, 0.29) is 0 Å². The molecule has 20 heavy (non-hydrogen) atoms. The quantitative estimate of drug-likeness (QED) is 0.575. The Kier molecular flexibility index (Phi) is 3.46. The third kappa shape index (κ3) is 2.31. The zero-order valence-corrected chi connectivity index (χ0v) is 12.8. The van der Waals surface area contributed by atoms with Gasteiger partial charge in [0.25, 0.3) is 0 Å². The highest BCUT2D eigenvalue weighted by molar-refractivity contribution is 6.39. The Balaban J connectivity index is 2.22. The molecule has 0 amide bonds. The first kappa shape index (κ1) is 13.8. The van der Waals surface area contributed by atoms with Crippen LogP contribution >= 0.6 is 46.4 Å². The number of benzene rings is 2. The maximum Gasteiger partial charge on any atom is 0.227 e. The molecule has 0 atom stereocenters. The van der Waals surface area contributed by atoms with Crippen molar-refractivity contribution < 1.29 is 4.42 Å². The van der Waals surface area contributed by atoms with E-state index in [0.717, 1.165) is 0 Å². The summed E-state index contributed by atoms with van der Waals surface area (Å²) in [5.74, 6) is 0.341. The predicted molar refractivity (Wildman–Crippen MR) is 83.9 cm³/mol. The fraction of sp³-hybridized carbons (Fsp3) is 0. The second kappa shape index (κ2) is 5.01. The molecule has 3 rings (SSSR count). The smallest absolute Gasteiger partial charge is 0.227 e. The average molecular weight is 348 g/mol. The van der Waals surface area contributed by atoms with E-state index in [1.165, 1.54) is 0 Å². The molecule has 1 aromatic heterocycles. The third-order valence-corrected chi connectivity index (χ3v) is 3.86. The van der Waals surface area contributed by atoms with E-state index in [0.29, 0.717) is 48.3 Å². The number of halogens is 4. The maximum absolute atomic E-state index is 6.06. The van der Waals surface area contributed by atoms with Crippen LogP contribution in [-0.4, -0.2) is 4.98 Å². The van der Waals surface area contributed by atoms with E-state index < -0.39 is 0 Å². The van der Waals surface area contributed by atoms with Crippen LogP contribution in [0.3, 0.4) is 0 Å². The summed E-state index contributed by atoms with van der Waals surface area (Å²) in [4.78, 5) is 4.32. The standard InChI is InChI=1S/C13H6Cl4N2O/c14-6-3-9(17)12-10(4-6)19-13(20-12)5-1-7(15)11(18)8(16)2-5/h1-4H,18H2. The number of aromatic nitrogens is 1. The molecule has 0 aliphatic carbocycles. The first-order valence-electron chi connectivity index (χ1n) is 5.46. The Morgan fingerprint density at radius 3 is 2.20 bits per heavy atom. The van der Waals surface area contributed by atoms with Crippen LogP contribution in [0.15, 0.2) is 28.7 Å². The normalized spacial score (nSPS) is 11.2. The second-order valence-electron chi connectivity index (χ2n) is 4.11. The summed E-state index contributed by atoms with van der Waals surface area (Å²) in [6, 6.07) is 6.51. The van der Waals surface area contributed by atoms with Gasteiger partial charge in [-0.1, -0.05) is 46.4 Å². The highest BCUT2D eigenvalue weighted by atomic mass is 35.5. The number of nitrogens with two attached hydrogens (primary N) is 1. The SMILES string of the molecule is Nc1c(Cl)cc(-c2nc3cc(Cl)cc(Cl)c3o2)cc1Cl. The Morgan fingerprint density at radius 2 is 1.55 bits per heavy atom. The lowest BCUT2D eigenvalue weighted by Gasteiger charge is -2.03. The molecule has 0 radical (unpaired) electrons. The number of fused-ring (bicyclic) bond motifs is 1. The molecule has 102 valence electrons. The van der Waals surface area contributed by atoms with Gasteiger partial charge in [-0.2, -0.15) is 0 Å². The maximum atomic E-state index is 6.06. The van der Waals surface area contributed by atoms with Crippen LogP contribution in [0.4, 0.5) is 5.69 Å². The average Bonchev–Trinajstić information content (AvgIpc) is 2.79. The number of oxazole rings is 1. The summed E-state index contributed by atoms with van der Waals surface area (Å²) in [5, 5.41) is 1.53.